The van der Waals surface area contributed by atoms with Crippen molar-refractivity contribution in [2.45, 2.75) is 39.1 Å². The van der Waals surface area contributed by atoms with E-state index in [9.17, 15) is 0 Å². The zero-order chi connectivity index (χ0) is 14.8. The smallest absolute Gasteiger partial charge is 0.0205 e. The van der Waals surface area contributed by atoms with E-state index in [2.05, 4.69) is 62.2 Å². The fourth-order valence-corrected chi connectivity index (χ4v) is 2.95. The maximum Gasteiger partial charge on any atom is 0.0205 e. The first-order valence-electron chi connectivity index (χ1n) is 7.80. The number of benzene rings is 1. The van der Waals surface area contributed by atoms with Crippen LogP contribution in [0.1, 0.15) is 33.3 Å². The molecule has 0 aliphatic carbocycles. The summed E-state index contributed by atoms with van der Waals surface area (Å²) in [5.41, 5.74) is 1.37. The van der Waals surface area contributed by atoms with Gasteiger partial charge in [0.2, 0.25) is 0 Å². The fourth-order valence-electron chi connectivity index (χ4n) is 2.04. The molecule has 1 rings (SSSR count). The van der Waals surface area contributed by atoms with E-state index in [1.165, 1.54) is 22.8 Å². The highest BCUT2D eigenvalue weighted by molar-refractivity contribution is 7.99. The molecule has 0 aliphatic rings. The molecule has 0 amide bonds. The largest absolute Gasteiger partial charge is 0.312 e. The number of nitrogens with zero attached hydrogens (tertiary/aromatic N) is 1. The van der Waals surface area contributed by atoms with E-state index in [4.69, 9.17) is 0 Å². The Labute approximate surface area is 129 Å². The second-order valence-corrected chi connectivity index (χ2v) is 6.71. The third kappa shape index (κ3) is 7.32. The molecule has 0 bridgehead atoms. The lowest BCUT2D eigenvalue weighted by molar-refractivity contribution is 0.324. The van der Waals surface area contributed by atoms with Crippen molar-refractivity contribution in [1.29, 1.82) is 0 Å². The van der Waals surface area contributed by atoms with Crippen LogP contribution in [0, 0.1) is 5.92 Å². The molecule has 114 valence electrons. The van der Waals surface area contributed by atoms with Crippen molar-refractivity contribution in [3.63, 3.8) is 0 Å². The van der Waals surface area contributed by atoms with E-state index in [1.807, 2.05) is 11.8 Å². The number of hydrogen-bond donors (Lipinski definition) is 1. The minimum atomic E-state index is 0.713. The summed E-state index contributed by atoms with van der Waals surface area (Å²) in [5, 5.41) is 3.48. The molecule has 1 aromatic carbocycles. The Balaban J connectivity index is 2.28. The lowest BCUT2D eigenvalue weighted by Gasteiger charge is -2.17. The zero-order valence-corrected chi connectivity index (χ0v) is 14.3. The summed E-state index contributed by atoms with van der Waals surface area (Å²) in [5.74, 6) is 1.89. The van der Waals surface area contributed by atoms with Crippen LogP contribution in [0.4, 0.5) is 0 Å². The summed E-state index contributed by atoms with van der Waals surface area (Å²) in [4.78, 5) is 3.85. The standard InChI is InChI=1S/C17H30N2S/c1-5-19(6-2)11-12-20-17-9-7-16(8-10-17)14-18-13-15(3)4/h7-10,15,18H,5-6,11-14H2,1-4H3. The molecule has 20 heavy (non-hydrogen) atoms. The summed E-state index contributed by atoms with van der Waals surface area (Å²) >= 11 is 1.95. The van der Waals surface area contributed by atoms with Crippen molar-refractivity contribution in [1.82, 2.24) is 10.2 Å². The van der Waals surface area contributed by atoms with Crippen molar-refractivity contribution in [2.75, 3.05) is 31.9 Å². The second-order valence-electron chi connectivity index (χ2n) is 5.54. The van der Waals surface area contributed by atoms with Gasteiger partial charge < -0.3 is 10.2 Å². The molecule has 0 unspecified atom stereocenters. The Morgan fingerprint density at radius 3 is 2.30 bits per heavy atom. The van der Waals surface area contributed by atoms with Crippen LogP contribution in [-0.4, -0.2) is 36.8 Å². The number of rotatable bonds is 10. The summed E-state index contributed by atoms with van der Waals surface area (Å²) in [6.07, 6.45) is 0. The third-order valence-corrected chi connectivity index (χ3v) is 4.37. The summed E-state index contributed by atoms with van der Waals surface area (Å²) in [7, 11) is 0. The predicted octanol–water partition coefficient (Wildman–Crippen LogP) is 3.87. The van der Waals surface area contributed by atoms with Crippen LogP contribution in [-0.2, 0) is 6.54 Å². The van der Waals surface area contributed by atoms with Gasteiger partial charge in [0.05, 0.1) is 0 Å². The SMILES string of the molecule is CCN(CC)CCSc1ccc(CNCC(C)C)cc1. The van der Waals surface area contributed by atoms with Gasteiger partial charge in [-0.05, 0) is 43.2 Å². The molecule has 0 atom stereocenters. The predicted molar refractivity (Wildman–Crippen MR) is 91.5 cm³/mol. The molecule has 0 aromatic heterocycles. The highest BCUT2D eigenvalue weighted by Crippen LogP contribution is 2.18. The van der Waals surface area contributed by atoms with Crippen LogP contribution in [0.3, 0.4) is 0 Å². The molecule has 0 heterocycles. The Morgan fingerprint density at radius 1 is 1.10 bits per heavy atom. The highest BCUT2D eigenvalue weighted by atomic mass is 32.2. The quantitative estimate of drug-likeness (QED) is 0.660. The highest BCUT2D eigenvalue weighted by Gasteiger charge is 2.00. The van der Waals surface area contributed by atoms with E-state index < -0.39 is 0 Å². The van der Waals surface area contributed by atoms with Gasteiger partial charge >= 0.3 is 0 Å². The maximum atomic E-state index is 3.48. The van der Waals surface area contributed by atoms with Crippen LogP contribution < -0.4 is 5.32 Å². The Bertz CT molecular complexity index is 345. The van der Waals surface area contributed by atoms with Crippen LogP contribution in [0.2, 0.25) is 0 Å². The van der Waals surface area contributed by atoms with Crippen LogP contribution >= 0.6 is 11.8 Å². The first kappa shape index (κ1) is 17.5. The monoisotopic (exact) mass is 294 g/mol. The average molecular weight is 295 g/mol. The molecule has 0 saturated carbocycles. The molecular weight excluding hydrogens is 264 g/mol. The molecule has 0 spiro atoms. The first-order valence-corrected chi connectivity index (χ1v) is 8.79. The normalized spacial score (nSPS) is 11.5. The van der Waals surface area contributed by atoms with Crippen molar-refractivity contribution < 1.29 is 0 Å². The first-order chi connectivity index (χ1) is 9.65. The number of hydrogen-bond acceptors (Lipinski definition) is 3. The average Bonchev–Trinajstić information content (AvgIpc) is 2.45. The van der Waals surface area contributed by atoms with Crippen LogP contribution in [0.25, 0.3) is 0 Å². The van der Waals surface area contributed by atoms with Crippen molar-refractivity contribution >= 4 is 11.8 Å². The van der Waals surface area contributed by atoms with E-state index in [1.54, 1.807) is 0 Å². The van der Waals surface area contributed by atoms with Gasteiger partial charge in [0.1, 0.15) is 0 Å². The minimum absolute atomic E-state index is 0.713. The van der Waals surface area contributed by atoms with Gasteiger partial charge in [-0.3, -0.25) is 0 Å². The molecule has 3 heteroatoms. The molecule has 0 aliphatic heterocycles. The Morgan fingerprint density at radius 2 is 1.75 bits per heavy atom. The molecule has 1 aromatic rings. The van der Waals surface area contributed by atoms with Gasteiger partial charge in [0.25, 0.3) is 0 Å². The summed E-state index contributed by atoms with van der Waals surface area (Å²) in [6, 6.07) is 8.98. The van der Waals surface area contributed by atoms with Gasteiger partial charge in [-0.2, -0.15) is 0 Å². The minimum Gasteiger partial charge on any atom is -0.312 e. The second kappa shape index (κ2) is 10.3. The Hall–Kier alpha value is -0.510. The molecule has 1 N–H and O–H groups in total. The van der Waals surface area contributed by atoms with Gasteiger partial charge in [-0.15, -0.1) is 11.8 Å². The topological polar surface area (TPSA) is 15.3 Å². The molecule has 0 radical (unpaired) electrons. The summed E-state index contributed by atoms with van der Waals surface area (Å²) in [6.45, 7) is 14.5. The molecular formula is C17H30N2S. The van der Waals surface area contributed by atoms with Gasteiger partial charge in [0, 0.05) is 23.7 Å². The fraction of sp³-hybridized carbons (Fsp3) is 0.647. The van der Waals surface area contributed by atoms with E-state index in [0.717, 1.165) is 26.2 Å². The third-order valence-electron chi connectivity index (χ3n) is 3.38. The Kier molecular flexibility index (Phi) is 8.99. The molecule has 0 saturated heterocycles. The number of nitrogens with one attached hydrogen (secondary N) is 1. The molecule has 0 fully saturated rings. The van der Waals surface area contributed by atoms with Crippen LogP contribution in [0.5, 0.6) is 0 Å². The van der Waals surface area contributed by atoms with Crippen molar-refractivity contribution in [2.24, 2.45) is 5.92 Å². The van der Waals surface area contributed by atoms with Gasteiger partial charge in [-0.1, -0.05) is 39.8 Å². The van der Waals surface area contributed by atoms with Crippen molar-refractivity contribution in [3.05, 3.63) is 29.8 Å². The van der Waals surface area contributed by atoms with Crippen molar-refractivity contribution in [3.8, 4) is 0 Å². The summed E-state index contributed by atoms with van der Waals surface area (Å²) < 4.78 is 0. The maximum absolute atomic E-state index is 3.48. The van der Waals surface area contributed by atoms with E-state index in [0.29, 0.717) is 5.92 Å². The van der Waals surface area contributed by atoms with E-state index >= 15 is 0 Å². The zero-order valence-electron chi connectivity index (χ0n) is 13.5. The lowest BCUT2D eigenvalue weighted by Crippen LogP contribution is -2.25. The van der Waals surface area contributed by atoms with Crippen LogP contribution in [0.15, 0.2) is 29.2 Å². The molecule has 2 nitrogen and oxygen atoms in total. The van der Waals surface area contributed by atoms with E-state index in [-0.39, 0.29) is 0 Å². The number of thioether (sulfide) groups is 1. The van der Waals surface area contributed by atoms with Gasteiger partial charge in [0.15, 0.2) is 0 Å². The lowest BCUT2D eigenvalue weighted by atomic mass is 10.2. The van der Waals surface area contributed by atoms with Gasteiger partial charge in [-0.25, -0.2) is 0 Å².